The van der Waals surface area contributed by atoms with Gasteiger partial charge in [-0.2, -0.15) is 0 Å². The lowest BCUT2D eigenvalue weighted by Gasteiger charge is -2.16. The highest BCUT2D eigenvalue weighted by Gasteiger charge is 2.31. The number of rotatable bonds is 5. The molecule has 0 spiro atoms. The van der Waals surface area contributed by atoms with Gasteiger partial charge in [0.05, 0.1) is 5.56 Å². The molecule has 2 amide bonds. The number of benzene rings is 1. The third-order valence-electron chi connectivity index (χ3n) is 4.65. The summed E-state index contributed by atoms with van der Waals surface area (Å²) in [5, 5.41) is 2.81. The van der Waals surface area contributed by atoms with E-state index >= 15 is 0 Å². The molecular weight excluding hydrogens is 359 g/mol. The largest absolute Gasteiger partial charge is 0.366 e. The molecule has 0 saturated heterocycles. The molecule has 1 aromatic carbocycles. The van der Waals surface area contributed by atoms with Gasteiger partial charge in [0.2, 0.25) is 11.8 Å². The van der Waals surface area contributed by atoms with Crippen LogP contribution in [0.1, 0.15) is 23.2 Å². The minimum absolute atomic E-state index is 0.0302. The first-order chi connectivity index (χ1) is 13.5. The molecule has 2 aromatic heterocycles. The van der Waals surface area contributed by atoms with Crippen molar-refractivity contribution in [2.45, 2.75) is 12.8 Å². The number of carbonyl (C=O) groups excluding carboxylic acids is 2. The second-order valence-electron chi connectivity index (χ2n) is 6.64. The van der Waals surface area contributed by atoms with Crippen LogP contribution in [-0.4, -0.2) is 21.8 Å². The molecule has 3 aromatic rings. The SMILES string of the molecule is NC(=O)c1ccnc(NC(=O)C2CC2)c1-c1cnccc1-c1ccc(F)cc1. The third-order valence-corrected chi connectivity index (χ3v) is 4.65. The van der Waals surface area contributed by atoms with Crippen LogP contribution in [0.15, 0.2) is 55.0 Å². The smallest absolute Gasteiger partial charge is 0.249 e. The molecule has 0 unspecified atom stereocenters. The summed E-state index contributed by atoms with van der Waals surface area (Å²) in [5.41, 5.74) is 8.22. The summed E-state index contributed by atoms with van der Waals surface area (Å²) < 4.78 is 13.4. The number of carbonyl (C=O) groups is 2. The van der Waals surface area contributed by atoms with Crippen molar-refractivity contribution < 1.29 is 14.0 Å². The Hall–Kier alpha value is -3.61. The highest BCUT2D eigenvalue weighted by molar-refractivity contribution is 6.07. The van der Waals surface area contributed by atoms with Gasteiger partial charge >= 0.3 is 0 Å². The van der Waals surface area contributed by atoms with E-state index in [-0.39, 0.29) is 29.0 Å². The van der Waals surface area contributed by atoms with Crippen molar-refractivity contribution in [1.29, 1.82) is 0 Å². The summed E-state index contributed by atoms with van der Waals surface area (Å²) >= 11 is 0. The Morgan fingerprint density at radius 1 is 1.04 bits per heavy atom. The molecule has 1 saturated carbocycles. The number of pyridine rings is 2. The van der Waals surface area contributed by atoms with Crippen molar-refractivity contribution in [3.05, 3.63) is 66.4 Å². The normalized spacial score (nSPS) is 13.2. The number of halogens is 1. The molecule has 4 rings (SSSR count). The van der Waals surface area contributed by atoms with Crippen LogP contribution >= 0.6 is 0 Å². The zero-order valence-electron chi connectivity index (χ0n) is 14.9. The van der Waals surface area contributed by atoms with E-state index in [1.807, 2.05) is 0 Å². The van der Waals surface area contributed by atoms with Crippen LogP contribution in [0.5, 0.6) is 0 Å². The van der Waals surface area contributed by atoms with Gasteiger partial charge in [0, 0.05) is 35.6 Å². The van der Waals surface area contributed by atoms with Gasteiger partial charge in [-0.3, -0.25) is 14.6 Å². The van der Waals surface area contributed by atoms with Crippen molar-refractivity contribution in [2.75, 3.05) is 5.32 Å². The maximum Gasteiger partial charge on any atom is 0.249 e. The van der Waals surface area contributed by atoms with E-state index in [0.29, 0.717) is 16.7 Å². The Balaban J connectivity index is 1.89. The van der Waals surface area contributed by atoms with Crippen molar-refractivity contribution in [3.8, 4) is 22.3 Å². The summed E-state index contributed by atoms with van der Waals surface area (Å²) in [6, 6.07) is 9.24. The molecule has 0 atom stereocenters. The number of nitrogens with zero attached hydrogens (tertiary/aromatic N) is 2. The second kappa shape index (κ2) is 7.19. The number of anilines is 1. The lowest BCUT2D eigenvalue weighted by molar-refractivity contribution is -0.117. The predicted molar refractivity (Wildman–Crippen MR) is 103 cm³/mol. The summed E-state index contributed by atoms with van der Waals surface area (Å²) in [6.07, 6.45) is 6.29. The number of nitrogens with one attached hydrogen (secondary N) is 1. The summed E-state index contributed by atoms with van der Waals surface area (Å²) in [6.45, 7) is 0. The molecule has 7 heteroatoms. The van der Waals surface area contributed by atoms with Crippen molar-refractivity contribution >= 4 is 17.6 Å². The number of primary amides is 1. The average molecular weight is 376 g/mol. The Bertz CT molecular complexity index is 1060. The first kappa shape index (κ1) is 17.8. The van der Waals surface area contributed by atoms with Crippen molar-refractivity contribution in [1.82, 2.24) is 9.97 Å². The fourth-order valence-corrected chi connectivity index (χ4v) is 3.07. The number of hydrogen-bond acceptors (Lipinski definition) is 4. The molecule has 1 aliphatic rings. The molecule has 0 bridgehead atoms. The Labute approximate surface area is 160 Å². The molecule has 3 N–H and O–H groups in total. The highest BCUT2D eigenvalue weighted by atomic mass is 19.1. The van der Waals surface area contributed by atoms with Crippen LogP contribution in [0.2, 0.25) is 0 Å². The third kappa shape index (κ3) is 3.46. The number of aromatic nitrogens is 2. The predicted octanol–water partition coefficient (Wildman–Crippen LogP) is 3.40. The molecule has 1 aliphatic carbocycles. The second-order valence-corrected chi connectivity index (χ2v) is 6.64. The van der Waals surface area contributed by atoms with E-state index < -0.39 is 5.91 Å². The van der Waals surface area contributed by atoms with Crippen LogP contribution < -0.4 is 11.1 Å². The lowest BCUT2D eigenvalue weighted by Crippen LogP contribution is -2.18. The number of hydrogen-bond donors (Lipinski definition) is 2. The Morgan fingerprint density at radius 2 is 1.79 bits per heavy atom. The first-order valence-electron chi connectivity index (χ1n) is 8.84. The van der Waals surface area contributed by atoms with E-state index in [9.17, 15) is 14.0 Å². The standard InChI is InChI=1S/C21H17FN4O2/c22-14-5-3-12(4-6-14)15-7-9-24-11-17(15)18-16(19(23)27)8-10-25-20(18)26-21(28)13-1-2-13/h3-11,13H,1-2H2,(H2,23,27)(H,25,26,28). The first-order valence-corrected chi connectivity index (χ1v) is 8.84. The molecule has 1 fully saturated rings. The summed E-state index contributed by atoms with van der Waals surface area (Å²) in [7, 11) is 0. The van der Waals surface area contributed by atoms with Gasteiger partial charge in [0.1, 0.15) is 11.6 Å². The quantitative estimate of drug-likeness (QED) is 0.713. The van der Waals surface area contributed by atoms with Gasteiger partial charge in [-0.05, 0) is 48.2 Å². The van der Waals surface area contributed by atoms with E-state index in [1.165, 1.54) is 24.4 Å². The molecule has 0 aliphatic heterocycles. The van der Waals surface area contributed by atoms with Gasteiger partial charge in [0.15, 0.2) is 0 Å². The zero-order chi connectivity index (χ0) is 19.7. The fraction of sp³-hybridized carbons (Fsp3) is 0.143. The Kier molecular flexibility index (Phi) is 4.57. The molecule has 0 radical (unpaired) electrons. The molecule has 2 heterocycles. The minimum Gasteiger partial charge on any atom is -0.366 e. The van der Waals surface area contributed by atoms with Crippen LogP contribution in [0.3, 0.4) is 0 Å². The van der Waals surface area contributed by atoms with Crippen molar-refractivity contribution in [3.63, 3.8) is 0 Å². The number of amides is 2. The monoisotopic (exact) mass is 376 g/mol. The van der Waals surface area contributed by atoms with Crippen LogP contribution in [0, 0.1) is 11.7 Å². The van der Waals surface area contributed by atoms with Gasteiger partial charge in [-0.1, -0.05) is 12.1 Å². The molecule has 28 heavy (non-hydrogen) atoms. The van der Waals surface area contributed by atoms with Gasteiger partial charge in [0.25, 0.3) is 0 Å². The van der Waals surface area contributed by atoms with Gasteiger partial charge in [-0.15, -0.1) is 0 Å². The number of nitrogens with two attached hydrogens (primary N) is 1. The van der Waals surface area contributed by atoms with Gasteiger partial charge < -0.3 is 11.1 Å². The molecule has 140 valence electrons. The lowest BCUT2D eigenvalue weighted by atomic mass is 9.93. The molecule has 6 nitrogen and oxygen atoms in total. The summed E-state index contributed by atoms with van der Waals surface area (Å²) in [5.74, 6) is -0.909. The average Bonchev–Trinajstić information content (AvgIpc) is 3.54. The maximum atomic E-state index is 13.4. The van der Waals surface area contributed by atoms with E-state index in [0.717, 1.165) is 18.4 Å². The van der Waals surface area contributed by atoms with E-state index in [1.54, 1.807) is 30.6 Å². The summed E-state index contributed by atoms with van der Waals surface area (Å²) in [4.78, 5) is 32.8. The maximum absolute atomic E-state index is 13.4. The van der Waals surface area contributed by atoms with Crippen molar-refractivity contribution in [2.24, 2.45) is 11.7 Å². The minimum atomic E-state index is -0.645. The Morgan fingerprint density at radius 3 is 2.46 bits per heavy atom. The van der Waals surface area contributed by atoms with E-state index in [2.05, 4.69) is 15.3 Å². The van der Waals surface area contributed by atoms with E-state index in [4.69, 9.17) is 5.73 Å². The van der Waals surface area contributed by atoms with Crippen LogP contribution in [0.25, 0.3) is 22.3 Å². The topological polar surface area (TPSA) is 98.0 Å². The zero-order valence-corrected chi connectivity index (χ0v) is 14.9. The molecular formula is C21H17FN4O2. The van der Waals surface area contributed by atoms with Crippen LogP contribution in [0.4, 0.5) is 10.2 Å². The highest BCUT2D eigenvalue weighted by Crippen LogP contribution is 2.38. The van der Waals surface area contributed by atoms with Gasteiger partial charge in [-0.25, -0.2) is 9.37 Å². The van der Waals surface area contributed by atoms with Crippen LogP contribution in [-0.2, 0) is 4.79 Å². The fourth-order valence-electron chi connectivity index (χ4n) is 3.07.